The molecule has 2 aromatic rings. The number of urea groups is 1. The summed E-state index contributed by atoms with van der Waals surface area (Å²) >= 11 is 1.64. The van der Waals surface area contributed by atoms with Crippen molar-refractivity contribution in [3.05, 3.63) is 35.7 Å². The molecule has 1 aromatic carbocycles. The molecule has 2 heterocycles. The molecule has 0 bridgehead atoms. The summed E-state index contributed by atoms with van der Waals surface area (Å²) in [5, 5.41) is 7.75. The van der Waals surface area contributed by atoms with Gasteiger partial charge in [0.2, 0.25) is 5.91 Å². The maximum atomic E-state index is 12.5. The highest BCUT2D eigenvalue weighted by atomic mass is 32.1. The standard InChI is InChI=1S/C18H22N4O2S/c1-12(23)20-10-13-6-7-22(11-13)18(24)21-16-9-14(4-5-15(16)19)17-3-2-8-25-17/h2-5,8-9,13H,6-7,10-11,19H2,1H3,(H,20,23)(H,21,24)/t13-/m0/s1. The van der Waals surface area contributed by atoms with Crippen molar-refractivity contribution in [3.8, 4) is 10.4 Å². The van der Waals surface area contributed by atoms with Gasteiger partial charge in [-0.05, 0) is 41.5 Å². The molecule has 1 aliphatic heterocycles. The number of nitrogen functional groups attached to an aromatic ring is 1. The molecule has 132 valence electrons. The zero-order chi connectivity index (χ0) is 17.8. The highest BCUT2D eigenvalue weighted by Crippen LogP contribution is 2.30. The van der Waals surface area contributed by atoms with Crippen LogP contribution in [0.15, 0.2) is 35.7 Å². The van der Waals surface area contributed by atoms with E-state index < -0.39 is 0 Å². The van der Waals surface area contributed by atoms with Crippen LogP contribution in [0.1, 0.15) is 13.3 Å². The van der Waals surface area contributed by atoms with Crippen LogP contribution < -0.4 is 16.4 Å². The van der Waals surface area contributed by atoms with Gasteiger partial charge in [-0.15, -0.1) is 11.3 Å². The highest BCUT2D eigenvalue weighted by molar-refractivity contribution is 7.13. The average molecular weight is 358 g/mol. The van der Waals surface area contributed by atoms with Crippen LogP contribution in [0.5, 0.6) is 0 Å². The van der Waals surface area contributed by atoms with Gasteiger partial charge in [0, 0.05) is 31.4 Å². The third kappa shape index (κ3) is 4.30. The maximum Gasteiger partial charge on any atom is 0.321 e. The molecule has 0 spiro atoms. The van der Waals surface area contributed by atoms with Crippen LogP contribution in [0.2, 0.25) is 0 Å². The second kappa shape index (κ2) is 7.57. The first-order valence-electron chi connectivity index (χ1n) is 8.26. The van der Waals surface area contributed by atoms with Crippen molar-refractivity contribution in [1.29, 1.82) is 0 Å². The third-order valence-corrected chi connectivity index (χ3v) is 5.23. The van der Waals surface area contributed by atoms with Crippen LogP contribution >= 0.6 is 11.3 Å². The van der Waals surface area contributed by atoms with E-state index in [0.717, 1.165) is 16.9 Å². The molecule has 1 aromatic heterocycles. The number of benzene rings is 1. The molecule has 0 radical (unpaired) electrons. The summed E-state index contributed by atoms with van der Waals surface area (Å²) in [6, 6.07) is 9.55. The minimum absolute atomic E-state index is 0.0407. The third-order valence-electron chi connectivity index (χ3n) is 4.31. The zero-order valence-corrected chi connectivity index (χ0v) is 14.9. The smallest absolute Gasteiger partial charge is 0.321 e. The first-order valence-corrected chi connectivity index (χ1v) is 9.14. The number of thiophene rings is 1. The molecule has 1 fully saturated rings. The summed E-state index contributed by atoms with van der Waals surface area (Å²) in [7, 11) is 0. The van der Waals surface area contributed by atoms with Crippen molar-refractivity contribution in [1.82, 2.24) is 10.2 Å². The highest BCUT2D eigenvalue weighted by Gasteiger charge is 2.26. The Balaban J connectivity index is 1.63. The topological polar surface area (TPSA) is 87.5 Å². The molecule has 3 rings (SSSR count). The lowest BCUT2D eigenvalue weighted by atomic mass is 10.1. The summed E-state index contributed by atoms with van der Waals surface area (Å²) in [5.74, 6) is 0.255. The van der Waals surface area contributed by atoms with Crippen molar-refractivity contribution in [2.45, 2.75) is 13.3 Å². The molecule has 7 heteroatoms. The number of hydrogen-bond acceptors (Lipinski definition) is 4. The monoisotopic (exact) mass is 358 g/mol. The number of carbonyl (C=O) groups is 2. The van der Waals surface area contributed by atoms with Gasteiger partial charge in [0.15, 0.2) is 0 Å². The van der Waals surface area contributed by atoms with Crippen LogP contribution in [0.3, 0.4) is 0 Å². The lowest BCUT2D eigenvalue weighted by Crippen LogP contribution is -2.35. The van der Waals surface area contributed by atoms with Gasteiger partial charge in [-0.2, -0.15) is 0 Å². The molecule has 0 aliphatic carbocycles. The predicted molar refractivity (Wildman–Crippen MR) is 102 cm³/mol. The number of nitrogens with zero attached hydrogens (tertiary/aromatic N) is 1. The minimum atomic E-state index is -0.152. The van der Waals surface area contributed by atoms with E-state index in [0.29, 0.717) is 36.9 Å². The number of rotatable bonds is 4. The maximum absolute atomic E-state index is 12.5. The van der Waals surface area contributed by atoms with Crippen molar-refractivity contribution < 1.29 is 9.59 Å². The Bertz CT molecular complexity index is 760. The van der Waals surface area contributed by atoms with Crippen LogP contribution in [0.4, 0.5) is 16.2 Å². The molecule has 1 aliphatic rings. The Morgan fingerprint density at radius 3 is 2.92 bits per heavy atom. The van der Waals surface area contributed by atoms with Gasteiger partial charge in [-0.1, -0.05) is 12.1 Å². The van der Waals surface area contributed by atoms with E-state index in [1.54, 1.807) is 16.2 Å². The predicted octanol–water partition coefficient (Wildman–Crippen LogP) is 2.99. The van der Waals surface area contributed by atoms with Crippen molar-refractivity contribution >= 4 is 34.6 Å². The Kier molecular flexibility index (Phi) is 5.23. The molecule has 6 nitrogen and oxygen atoms in total. The molecule has 0 saturated carbocycles. The molecular formula is C18H22N4O2S. The van der Waals surface area contributed by atoms with E-state index in [-0.39, 0.29) is 11.9 Å². The lowest BCUT2D eigenvalue weighted by Gasteiger charge is -2.18. The summed E-state index contributed by atoms with van der Waals surface area (Å²) in [6.07, 6.45) is 0.887. The summed E-state index contributed by atoms with van der Waals surface area (Å²) in [6.45, 7) is 3.43. The Labute approximate surface area is 151 Å². The van der Waals surface area contributed by atoms with Gasteiger partial charge >= 0.3 is 6.03 Å². The van der Waals surface area contributed by atoms with E-state index >= 15 is 0 Å². The van der Waals surface area contributed by atoms with E-state index in [2.05, 4.69) is 10.6 Å². The van der Waals surface area contributed by atoms with Gasteiger partial charge in [0.1, 0.15) is 0 Å². The molecule has 1 saturated heterocycles. The van der Waals surface area contributed by atoms with E-state index in [1.807, 2.05) is 35.7 Å². The number of nitrogens with one attached hydrogen (secondary N) is 2. The minimum Gasteiger partial charge on any atom is -0.397 e. The fourth-order valence-electron chi connectivity index (χ4n) is 2.93. The van der Waals surface area contributed by atoms with E-state index in [9.17, 15) is 9.59 Å². The van der Waals surface area contributed by atoms with Gasteiger partial charge in [0.25, 0.3) is 0 Å². The fraction of sp³-hybridized carbons (Fsp3) is 0.333. The number of hydrogen-bond donors (Lipinski definition) is 3. The van der Waals surface area contributed by atoms with Crippen LogP contribution in [-0.4, -0.2) is 36.5 Å². The van der Waals surface area contributed by atoms with E-state index in [1.165, 1.54) is 6.92 Å². The van der Waals surface area contributed by atoms with Gasteiger partial charge in [0.05, 0.1) is 11.4 Å². The van der Waals surface area contributed by atoms with Crippen molar-refractivity contribution in [2.75, 3.05) is 30.7 Å². The molecule has 3 amide bonds. The normalized spacial score (nSPS) is 16.7. The van der Waals surface area contributed by atoms with E-state index in [4.69, 9.17) is 5.73 Å². The molecular weight excluding hydrogens is 336 g/mol. The first kappa shape index (κ1) is 17.3. The second-order valence-electron chi connectivity index (χ2n) is 6.25. The number of amides is 3. The molecule has 0 unspecified atom stereocenters. The molecule has 4 N–H and O–H groups in total. The van der Waals surface area contributed by atoms with Gasteiger partial charge in [-0.3, -0.25) is 4.79 Å². The lowest BCUT2D eigenvalue weighted by molar-refractivity contribution is -0.119. The summed E-state index contributed by atoms with van der Waals surface area (Å²) in [4.78, 5) is 26.4. The SMILES string of the molecule is CC(=O)NC[C@@H]1CCN(C(=O)Nc2cc(-c3cccs3)ccc2N)C1. The number of carbonyl (C=O) groups excluding carboxylic acids is 2. The first-order chi connectivity index (χ1) is 12.0. The number of anilines is 2. The molecule has 25 heavy (non-hydrogen) atoms. The quantitative estimate of drug-likeness (QED) is 0.734. The Morgan fingerprint density at radius 1 is 1.36 bits per heavy atom. The average Bonchev–Trinajstić information content (AvgIpc) is 3.26. The van der Waals surface area contributed by atoms with Crippen LogP contribution in [0.25, 0.3) is 10.4 Å². The number of nitrogens with two attached hydrogens (primary N) is 1. The second-order valence-corrected chi connectivity index (χ2v) is 7.19. The Hall–Kier alpha value is -2.54. The zero-order valence-electron chi connectivity index (χ0n) is 14.1. The van der Waals surface area contributed by atoms with Gasteiger partial charge in [-0.25, -0.2) is 4.79 Å². The fourth-order valence-corrected chi connectivity index (χ4v) is 3.65. The van der Waals surface area contributed by atoms with Crippen LogP contribution in [-0.2, 0) is 4.79 Å². The van der Waals surface area contributed by atoms with Crippen molar-refractivity contribution in [2.24, 2.45) is 5.92 Å². The molecule has 1 atom stereocenters. The summed E-state index contributed by atoms with van der Waals surface area (Å²) < 4.78 is 0. The largest absolute Gasteiger partial charge is 0.397 e. The van der Waals surface area contributed by atoms with Crippen molar-refractivity contribution in [3.63, 3.8) is 0 Å². The van der Waals surface area contributed by atoms with Crippen LogP contribution in [0, 0.1) is 5.92 Å². The summed E-state index contributed by atoms with van der Waals surface area (Å²) in [5.41, 5.74) is 8.22. The number of likely N-dealkylation sites (tertiary alicyclic amines) is 1. The Morgan fingerprint density at radius 2 is 2.20 bits per heavy atom. The van der Waals surface area contributed by atoms with Gasteiger partial charge < -0.3 is 21.3 Å².